The van der Waals surface area contributed by atoms with Crippen molar-refractivity contribution in [3.05, 3.63) is 534 Å². The van der Waals surface area contributed by atoms with Gasteiger partial charge in [-0.25, -0.2) is 9.97 Å². The first-order valence-corrected chi connectivity index (χ1v) is 49.1. The van der Waals surface area contributed by atoms with Crippen molar-refractivity contribution in [3.63, 3.8) is 0 Å². The summed E-state index contributed by atoms with van der Waals surface area (Å²) in [7, 11) is 0. The predicted octanol–water partition coefficient (Wildman–Crippen LogP) is 37.3. The lowest BCUT2D eigenvalue weighted by Gasteiger charge is -2.27. The highest BCUT2D eigenvalue weighted by Gasteiger charge is 2.36. The van der Waals surface area contributed by atoms with Crippen molar-refractivity contribution < 1.29 is 9.15 Å². The summed E-state index contributed by atoms with van der Waals surface area (Å²) in [5.74, 6) is 3.06. The molecule has 0 spiro atoms. The molecule has 3 aliphatic rings. The Balaban J connectivity index is 0.000000110. The van der Waals surface area contributed by atoms with Crippen LogP contribution in [0, 0.1) is 0 Å². The van der Waals surface area contributed by atoms with Crippen molar-refractivity contribution in [2.45, 2.75) is 0 Å². The van der Waals surface area contributed by atoms with Crippen LogP contribution in [0.25, 0.3) is 222 Å². The molecule has 29 rings (SSSR count). The zero-order valence-electron chi connectivity index (χ0n) is 78.3. The van der Waals surface area contributed by atoms with Crippen molar-refractivity contribution in [1.29, 1.82) is 0 Å². The Morgan fingerprint density at radius 3 is 1.17 bits per heavy atom. The number of nitrogens with zero attached hydrogens (tertiary/aromatic N) is 6. The third-order valence-electron chi connectivity index (χ3n) is 28.6. The molecule has 0 radical (unpaired) electrons. The first kappa shape index (κ1) is 84.0. The van der Waals surface area contributed by atoms with Crippen LogP contribution in [0.2, 0.25) is 0 Å². The molecule has 26 aromatic rings. The SMILES string of the molecule is c1ccc(-c2ccc(N3c4ccccc4-c4c(n(-c5cc6ccccc6c6ccccc56)c5ccccc45)-c4ccccc43)cc2)cc1.c1ccc(-c2ccc3c(c2)-c2oc4ccccc4c2-c2cc(-c4ccc(-c5ccccc5-c5nc(-c6ccccc6)cc(-c6ccccc6)n5)cc4)ccc2O3)cc1.c1ccc(-n2c3c(c4ccccc42)-c2ccccc2N(c2ccc4ccccc4c2)c2ccccc2-3)cc1. The molecule has 0 bridgehead atoms. The molecular weight excluding hydrogens is 1750 g/mol. The first-order chi connectivity index (χ1) is 71.5. The van der Waals surface area contributed by atoms with E-state index in [4.69, 9.17) is 19.1 Å². The van der Waals surface area contributed by atoms with Gasteiger partial charge in [0.25, 0.3) is 0 Å². The Morgan fingerprint density at radius 2 is 0.576 bits per heavy atom. The fourth-order valence-corrected chi connectivity index (χ4v) is 22.0. The largest absolute Gasteiger partial charge is 0.456 e. The summed E-state index contributed by atoms with van der Waals surface area (Å²) >= 11 is 0. The van der Waals surface area contributed by atoms with E-state index in [1.807, 2.05) is 54.6 Å². The van der Waals surface area contributed by atoms with Crippen molar-refractivity contribution >= 4 is 99.2 Å². The number of furan rings is 1. The molecule has 8 nitrogen and oxygen atoms in total. The fourth-order valence-electron chi connectivity index (χ4n) is 22.0. The molecule has 0 atom stereocenters. The van der Waals surface area contributed by atoms with Crippen LogP contribution in [-0.4, -0.2) is 19.1 Å². The number of para-hydroxylation sites is 8. The Kier molecular flexibility index (Phi) is 20.8. The van der Waals surface area contributed by atoms with Gasteiger partial charge in [0.15, 0.2) is 5.82 Å². The zero-order chi connectivity index (χ0) is 95.1. The first-order valence-electron chi connectivity index (χ1n) is 49.1. The maximum absolute atomic E-state index is 6.71. The van der Waals surface area contributed by atoms with Crippen LogP contribution in [0.3, 0.4) is 0 Å². The minimum absolute atomic E-state index is 0.686. The standard InChI is InChI=1S/C54H34N2O2.C46H30N2.C36H24N2/c1-4-14-35(15-5-1)41-29-31-51-46(33-41)53-52(44-22-12-13-23-49(44)58-53)45-32-40(28-30-50(45)57-51)36-24-26-37(27-25-36)42-20-10-11-21-43(42)54-55-47(38-16-6-2-7-17-38)34-48(56-54)39-18-8-3-9-19-39;1-2-14-31(15-3-1)32-26-28-34(29-27-32)47-41-23-11-8-20-38(41)45-39-21-9-12-24-42(39)48(46(45)40-22-10-13-25-43(40)47)44-30-33-16-4-5-17-35(33)36-18-6-7-19-37(36)44;1-2-14-27(15-3-1)38-33-20-10-7-17-30(33)35-29-16-6-9-19-32(29)37(34-21-11-8-18-31(34)36(35)38)28-23-22-25-12-4-5-13-26(25)24-28/h1-34H;1-30H;1-24H. The normalized spacial score (nSPS) is 11.9. The van der Waals surface area contributed by atoms with E-state index >= 15 is 0 Å². The van der Waals surface area contributed by atoms with Gasteiger partial charge in [0.05, 0.1) is 67.8 Å². The summed E-state index contributed by atoms with van der Waals surface area (Å²) in [6.07, 6.45) is 0. The fraction of sp³-hybridized carbons (Fsp3) is 0. The van der Waals surface area contributed by atoms with E-state index in [0.717, 1.165) is 129 Å². The van der Waals surface area contributed by atoms with E-state index in [2.05, 4.69) is 498 Å². The second-order valence-electron chi connectivity index (χ2n) is 36.8. The zero-order valence-corrected chi connectivity index (χ0v) is 78.3. The Bertz CT molecular complexity index is 9420. The number of hydrogen-bond acceptors (Lipinski definition) is 6. The molecule has 144 heavy (non-hydrogen) atoms. The summed E-state index contributed by atoms with van der Waals surface area (Å²) in [5.41, 5.74) is 39.2. The van der Waals surface area contributed by atoms with E-state index in [0.29, 0.717) is 5.82 Å². The Morgan fingerprint density at radius 1 is 0.188 bits per heavy atom. The van der Waals surface area contributed by atoms with Gasteiger partial charge >= 0.3 is 0 Å². The highest BCUT2D eigenvalue weighted by atomic mass is 16.5. The Labute approximate surface area is 833 Å². The van der Waals surface area contributed by atoms with Crippen molar-refractivity contribution in [2.24, 2.45) is 0 Å². The number of hydrogen-bond donors (Lipinski definition) is 0. The summed E-state index contributed by atoms with van der Waals surface area (Å²) in [6.45, 7) is 0. The minimum Gasteiger partial charge on any atom is -0.456 e. The third kappa shape index (κ3) is 14.6. The molecule has 674 valence electrons. The van der Waals surface area contributed by atoms with Gasteiger partial charge in [-0.1, -0.05) is 419 Å². The number of anilines is 6. The molecular formula is C136H88N6O2. The maximum atomic E-state index is 6.71. The maximum Gasteiger partial charge on any atom is 0.161 e. The van der Waals surface area contributed by atoms with Gasteiger partial charge in [0.1, 0.15) is 22.8 Å². The van der Waals surface area contributed by atoms with Gasteiger partial charge in [0.2, 0.25) is 0 Å². The molecule has 7 heterocycles. The molecule has 22 aromatic carbocycles. The average molecular weight is 1840 g/mol. The molecule has 0 N–H and O–H groups in total. The molecule has 0 fully saturated rings. The molecule has 0 saturated heterocycles. The monoisotopic (exact) mass is 1840 g/mol. The van der Waals surface area contributed by atoms with Gasteiger partial charge < -0.3 is 28.1 Å². The second-order valence-corrected chi connectivity index (χ2v) is 36.8. The molecule has 0 amide bonds. The van der Waals surface area contributed by atoms with E-state index in [9.17, 15) is 0 Å². The van der Waals surface area contributed by atoms with Crippen LogP contribution < -0.4 is 14.5 Å². The average Bonchev–Trinajstić information content (AvgIpc) is 1.54. The van der Waals surface area contributed by atoms with E-state index < -0.39 is 0 Å². The lowest BCUT2D eigenvalue weighted by molar-refractivity contribution is 0.486. The molecule has 0 aliphatic carbocycles. The molecule has 3 aliphatic heterocycles. The smallest absolute Gasteiger partial charge is 0.161 e. The molecule has 0 saturated carbocycles. The minimum atomic E-state index is 0.686. The van der Waals surface area contributed by atoms with Crippen LogP contribution >= 0.6 is 0 Å². The Hall–Kier alpha value is -19.3. The topological polar surface area (TPSA) is 64.5 Å². The van der Waals surface area contributed by atoms with Crippen molar-refractivity contribution in [1.82, 2.24) is 19.1 Å². The van der Waals surface area contributed by atoms with Crippen LogP contribution in [-0.2, 0) is 0 Å². The number of benzene rings is 22. The van der Waals surface area contributed by atoms with E-state index in [1.54, 1.807) is 0 Å². The van der Waals surface area contributed by atoms with Crippen LogP contribution in [0.1, 0.15) is 0 Å². The lowest BCUT2D eigenvalue weighted by atomic mass is 9.93. The van der Waals surface area contributed by atoms with Crippen molar-refractivity contribution in [2.75, 3.05) is 9.80 Å². The second kappa shape index (κ2) is 35.6. The van der Waals surface area contributed by atoms with Crippen molar-refractivity contribution in [3.8, 4) is 169 Å². The predicted molar refractivity (Wildman–Crippen MR) is 598 cm³/mol. The van der Waals surface area contributed by atoms with Gasteiger partial charge in [-0.2, -0.15) is 0 Å². The quantitative estimate of drug-likeness (QED) is 0.120. The van der Waals surface area contributed by atoms with Crippen LogP contribution in [0.5, 0.6) is 11.5 Å². The highest BCUT2D eigenvalue weighted by Crippen LogP contribution is 2.59. The van der Waals surface area contributed by atoms with E-state index in [-0.39, 0.29) is 0 Å². The van der Waals surface area contributed by atoms with Gasteiger partial charge in [-0.15, -0.1) is 0 Å². The van der Waals surface area contributed by atoms with Gasteiger partial charge in [-0.05, 0) is 187 Å². The van der Waals surface area contributed by atoms with E-state index in [1.165, 1.54) is 133 Å². The number of ether oxygens (including phenoxy) is 1. The summed E-state index contributed by atoms with van der Waals surface area (Å²) < 4.78 is 18.3. The summed E-state index contributed by atoms with van der Waals surface area (Å²) in [5, 5.41) is 11.1. The highest BCUT2D eigenvalue weighted by molar-refractivity contribution is 6.18. The van der Waals surface area contributed by atoms with Gasteiger partial charge in [-0.3, -0.25) is 0 Å². The summed E-state index contributed by atoms with van der Waals surface area (Å²) in [6, 6.07) is 190. The molecule has 4 aromatic heterocycles. The molecule has 0 unspecified atom stereocenters. The number of aromatic nitrogens is 4. The lowest BCUT2D eigenvalue weighted by Crippen LogP contribution is -2.11. The number of rotatable bonds is 11. The van der Waals surface area contributed by atoms with Crippen LogP contribution in [0.15, 0.2) is 538 Å². The third-order valence-corrected chi connectivity index (χ3v) is 28.6. The van der Waals surface area contributed by atoms with Gasteiger partial charge in [0, 0.05) is 99.8 Å². The number of fused-ring (bicyclic) bond motifs is 25. The summed E-state index contributed by atoms with van der Waals surface area (Å²) in [4.78, 5) is 15.2. The van der Waals surface area contributed by atoms with Crippen LogP contribution in [0.4, 0.5) is 34.1 Å². The molecule has 8 heteroatoms.